The Morgan fingerprint density at radius 3 is 2.71 bits per heavy atom. The third-order valence-corrected chi connectivity index (χ3v) is 2.60. The molecule has 9 heteroatoms. The molecule has 0 bridgehead atoms. The van der Waals surface area contributed by atoms with Gasteiger partial charge in [-0.3, -0.25) is 4.81 Å². The summed E-state index contributed by atoms with van der Waals surface area (Å²) >= 11 is 0. The molecule has 1 saturated heterocycles. The number of ether oxygens (including phenoxy) is 2. The van der Waals surface area contributed by atoms with Crippen molar-refractivity contribution in [2.75, 3.05) is 27.8 Å². The van der Waals surface area contributed by atoms with Crippen molar-refractivity contribution in [1.29, 1.82) is 0 Å². The lowest BCUT2D eigenvalue weighted by atomic mass is 9.51. The average molecular weight is 233 g/mol. The van der Waals surface area contributed by atoms with Gasteiger partial charge in [-0.2, -0.15) is 0 Å². The van der Waals surface area contributed by atoms with Crippen LogP contribution in [0.1, 0.15) is 6.42 Å². The molecule has 0 aromatic rings. The molecule has 0 aromatic carbocycles. The zero-order chi connectivity index (χ0) is 12.8. The molecule has 1 aliphatic heterocycles. The number of hydrogen-bond acceptors (Lipinski definition) is 5. The van der Waals surface area contributed by atoms with Crippen LogP contribution >= 0.6 is 0 Å². The Balaban J connectivity index is 2.53. The van der Waals surface area contributed by atoms with Gasteiger partial charge in [0, 0.05) is 20.9 Å². The monoisotopic (exact) mass is 234 g/mol. The highest BCUT2D eigenvalue weighted by atomic mass is 16.6. The summed E-state index contributed by atoms with van der Waals surface area (Å²) in [4.78, 5) is 1.73. The molecule has 0 aliphatic carbocycles. The Morgan fingerprint density at radius 1 is 1.53 bits per heavy atom. The van der Waals surface area contributed by atoms with Crippen LogP contribution in [0, 0.1) is 0 Å². The van der Waals surface area contributed by atoms with Gasteiger partial charge < -0.3 is 18.7 Å². The van der Waals surface area contributed by atoms with Crippen molar-refractivity contribution < 1.29 is 18.7 Å². The summed E-state index contributed by atoms with van der Waals surface area (Å²) in [5, 5.41) is 0. The molecular weight excluding hydrogens is 217 g/mol. The highest BCUT2D eigenvalue weighted by molar-refractivity contribution is 6.90. The number of rotatable bonds is 7. The van der Waals surface area contributed by atoms with E-state index in [-0.39, 0.29) is 18.2 Å². The van der Waals surface area contributed by atoms with Gasteiger partial charge in [-0.25, -0.2) is 0 Å². The lowest BCUT2D eigenvalue weighted by Crippen LogP contribution is -2.44. The molecule has 0 aromatic heterocycles. The Labute approximate surface area is 107 Å². The molecule has 3 atom stereocenters. The van der Waals surface area contributed by atoms with Gasteiger partial charge in [0.05, 0.1) is 19.9 Å². The zero-order valence-corrected chi connectivity index (χ0v) is 10.5. The molecule has 0 spiro atoms. The standard InChI is InChI=1S/C8H16B4NO4/c1-13(2)12(17-10)16-6-4-8(11-9)15-7(6)5-14-3/h6-8H,4-5H2,1-3H3. The Kier molecular flexibility index (Phi) is 6.66. The third kappa shape index (κ3) is 4.34. The normalized spacial score (nSPS) is 28.6. The number of nitrogens with zero attached hydrogens (tertiary/aromatic N) is 1. The summed E-state index contributed by atoms with van der Waals surface area (Å²) in [6, 6.07) is -0.124. The van der Waals surface area contributed by atoms with Gasteiger partial charge in [0.15, 0.2) is 0 Å². The first-order chi connectivity index (χ1) is 8.12. The van der Waals surface area contributed by atoms with Crippen molar-refractivity contribution in [2.45, 2.75) is 24.6 Å². The quantitative estimate of drug-likeness (QED) is 0.504. The molecule has 0 amide bonds. The molecule has 1 heterocycles. The summed E-state index contributed by atoms with van der Waals surface area (Å²) in [5.41, 5.74) is 0. The van der Waals surface area contributed by atoms with Gasteiger partial charge in [0.25, 0.3) is 8.05 Å². The average Bonchev–Trinajstić information content (AvgIpc) is 2.68. The topological polar surface area (TPSA) is 40.2 Å². The van der Waals surface area contributed by atoms with E-state index < -0.39 is 7.25 Å². The second-order valence-electron chi connectivity index (χ2n) is 4.18. The Bertz CT molecular complexity index is 224. The fourth-order valence-corrected chi connectivity index (χ4v) is 1.75. The maximum absolute atomic E-state index is 5.72. The SMILES string of the molecule is [B][B]C1CC(OB(O[B])N(C)C)C(COC)O1. The van der Waals surface area contributed by atoms with Crippen molar-refractivity contribution in [3.8, 4) is 0 Å². The molecule has 17 heavy (non-hydrogen) atoms. The first kappa shape index (κ1) is 15.1. The second-order valence-corrected chi connectivity index (χ2v) is 4.18. The predicted molar refractivity (Wildman–Crippen MR) is 67.8 cm³/mol. The van der Waals surface area contributed by atoms with E-state index >= 15 is 0 Å². The van der Waals surface area contributed by atoms with Gasteiger partial charge in [-0.15, -0.1) is 0 Å². The van der Waals surface area contributed by atoms with Gasteiger partial charge >= 0.3 is 7.25 Å². The maximum atomic E-state index is 5.72. The van der Waals surface area contributed by atoms with Gasteiger partial charge in [-0.1, -0.05) is 0 Å². The Hall–Kier alpha value is 0.0597. The summed E-state index contributed by atoms with van der Waals surface area (Å²) in [6.07, 6.45) is 0.344. The summed E-state index contributed by atoms with van der Waals surface area (Å²) in [5.74, 6) is 0. The molecule has 5 radical (unpaired) electrons. The van der Waals surface area contributed by atoms with Crippen molar-refractivity contribution >= 4 is 30.2 Å². The first-order valence-corrected chi connectivity index (χ1v) is 5.49. The van der Waals surface area contributed by atoms with Crippen molar-refractivity contribution in [3.63, 3.8) is 0 Å². The van der Waals surface area contributed by atoms with Gasteiger partial charge in [-0.05, 0) is 20.5 Å². The van der Waals surface area contributed by atoms with Crippen LogP contribution in [0.3, 0.4) is 0 Å². The fourth-order valence-electron chi connectivity index (χ4n) is 1.75. The van der Waals surface area contributed by atoms with Crippen LogP contribution in [-0.4, -0.2) is 81.0 Å². The van der Waals surface area contributed by atoms with Crippen molar-refractivity contribution in [3.05, 3.63) is 0 Å². The molecule has 1 fully saturated rings. The van der Waals surface area contributed by atoms with Gasteiger partial charge in [0.1, 0.15) is 6.10 Å². The van der Waals surface area contributed by atoms with Crippen LogP contribution in [0.4, 0.5) is 0 Å². The number of hydrogen-bond donors (Lipinski definition) is 0. The van der Waals surface area contributed by atoms with Crippen molar-refractivity contribution in [2.24, 2.45) is 0 Å². The van der Waals surface area contributed by atoms with Crippen LogP contribution in [0.15, 0.2) is 0 Å². The largest absolute Gasteiger partial charge is 0.541 e. The van der Waals surface area contributed by atoms with E-state index in [0.717, 1.165) is 0 Å². The van der Waals surface area contributed by atoms with Crippen LogP contribution in [0.2, 0.25) is 0 Å². The lowest BCUT2D eigenvalue weighted by molar-refractivity contribution is -0.0176. The van der Waals surface area contributed by atoms with Crippen LogP contribution < -0.4 is 0 Å². The molecule has 0 saturated carbocycles. The number of methoxy groups -OCH3 is 1. The van der Waals surface area contributed by atoms with E-state index in [2.05, 4.69) is 0 Å². The lowest BCUT2D eigenvalue weighted by Gasteiger charge is -2.25. The van der Waals surface area contributed by atoms with Crippen LogP contribution in [0.5, 0.6) is 0 Å². The van der Waals surface area contributed by atoms with E-state index in [0.29, 0.717) is 13.0 Å². The van der Waals surface area contributed by atoms with Crippen LogP contribution in [0.25, 0.3) is 0 Å². The van der Waals surface area contributed by atoms with E-state index in [1.165, 1.54) is 7.17 Å². The fraction of sp³-hybridized carbons (Fsp3) is 1.00. The minimum Gasteiger partial charge on any atom is -0.468 e. The van der Waals surface area contributed by atoms with E-state index in [9.17, 15) is 0 Å². The second kappa shape index (κ2) is 7.48. The third-order valence-electron chi connectivity index (χ3n) is 2.60. The highest BCUT2D eigenvalue weighted by Gasteiger charge is 2.38. The molecule has 1 aliphatic rings. The molecule has 0 N–H and O–H groups in total. The summed E-state index contributed by atoms with van der Waals surface area (Å²) in [6.45, 7) is 0.444. The van der Waals surface area contributed by atoms with E-state index in [4.69, 9.17) is 34.5 Å². The smallest absolute Gasteiger partial charge is 0.468 e. The van der Waals surface area contributed by atoms with Crippen LogP contribution in [-0.2, 0) is 18.7 Å². The molecule has 3 unspecified atom stereocenters. The van der Waals surface area contributed by atoms with E-state index in [1.54, 1.807) is 11.9 Å². The zero-order valence-electron chi connectivity index (χ0n) is 10.5. The first-order valence-electron chi connectivity index (χ1n) is 5.49. The Morgan fingerprint density at radius 2 is 2.24 bits per heavy atom. The predicted octanol–water partition coefficient (Wildman–Crippen LogP) is -1.43. The molecule has 89 valence electrons. The summed E-state index contributed by atoms with van der Waals surface area (Å²) in [7, 11) is 16.8. The molecule has 5 nitrogen and oxygen atoms in total. The molecule has 1 rings (SSSR count). The minimum absolute atomic E-state index is 0.124. The van der Waals surface area contributed by atoms with E-state index in [1.807, 2.05) is 14.1 Å². The van der Waals surface area contributed by atoms with Gasteiger partial charge in [0.2, 0.25) is 0 Å². The molecular formula is C8H16B4NO4. The maximum Gasteiger partial charge on any atom is 0.541 e. The van der Waals surface area contributed by atoms with Crippen molar-refractivity contribution in [1.82, 2.24) is 4.81 Å². The minimum atomic E-state index is -0.612. The summed E-state index contributed by atoms with van der Waals surface area (Å²) < 4.78 is 21.2. The highest BCUT2D eigenvalue weighted by Crippen LogP contribution is 2.23.